The maximum atomic E-state index is 14.3. The molecule has 5 rings (SSSR count). The first-order valence-corrected chi connectivity index (χ1v) is 14.3. The van der Waals surface area contributed by atoms with Crippen LogP contribution in [0.25, 0.3) is 16.7 Å². The number of carbonyl (C=O) groups is 1. The van der Waals surface area contributed by atoms with Crippen LogP contribution in [0.1, 0.15) is 80.2 Å². The second-order valence-electron chi connectivity index (χ2n) is 13.2. The number of ether oxygens (including phenoxy) is 1. The molecule has 1 aliphatic carbocycles. The second-order valence-corrected chi connectivity index (χ2v) is 13.2. The van der Waals surface area contributed by atoms with E-state index in [1.54, 1.807) is 39.0 Å². The minimum Gasteiger partial charge on any atom is -0.444 e. The predicted octanol–water partition coefficient (Wildman–Crippen LogP) is 3.99. The molecular weight excluding hydrogens is 542 g/mol. The lowest BCUT2D eigenvalue weighted by Crippen LogP contribution is -2.46. The first-order valence-electron chi connectivity index (χ1n) is 14.3. The zero-order chi connectivity index (χ0) is 30.6. The summed E-state index contributed by atoms with van der Waals surface area (Å²) in [7, 11) is -0.666. The fourth-order valence-electron chi connectivity index (χ4n) is 5.48. The van der Waals surface area contributed by atoms with Crippen molar-refractivity contribution in [3.63, 3.8) is 0 Å². The third-order valence-corrected chi connectivity index (χ3v) is 8.33. The van der Waals surface area contributed by atoms with Crippen molar-refractivity contribution in [3.8, 4) is 5.69 Å². The third-order valence-electron chi connectivity index (χ3n) is 8.33. The number of amides is 1. The zero-order valence-electron chi connectivity index (χ0n) is 25.2. The molecule has 2 aromatic heterocycles. The summed E-state index contributed by atoms with van der Waals surface area (Å²) in [5.74, 6) is -0.674. The minimum absolute atomic E-state index is 0.00430. The van der Waals surface area contributed by atoms with Crippen molar-refractivity contribution in [2.24, 2.45) is 0 Å². The van der Waals surface area contributed by atoms with Gasteiger partial charge >= 0.3 is 18.9 Å². The molecule has 10 nitrogen and oxygen atoms in total. The lowest BCUT2D eigenvalue weighted by atomic mass is 9.79. The van der Waals surface area contributed by atoms with Gasteiger partial charge < -0.3 is 19.4 Å². The summed E-state index contributed by atoms with van der Waals surface area (Å²) in [5, 5.41) is 2.88. The summed E-state index contributed by atoms with van der Waals surface area (Å²) in [5.41, 5.74) is -1.68. The molecule has 0 unspecified atom stereocenters. The highest BCUT2D eigenvalue weighted by molar-refractivity contribution is 6.62. The highest BCUT2D eigenvalue weighted by atomic mass is 19.1. The van der Waals surface area contributed by atoms with Gasteiger partial charge in [-0.2, -0.15) is 0 Å². The number of alkyl carbamates (subject to hydrolysis) is 1. The van der Waals surface area contributed by atoms with Crippen LogP contribution in [0.5, 0.6) is 0 Å². The number of nitrogens with zero attached hydrogens (tertiary/aromatic N) is 3. The summed E-state index contributed by atoms with van der Waals surface area (Å²) in [4.78, 5) is 44.1. The Bertz CT molecular complexity index is 1620. The van der Waals surface area contributed by atoms with Gasteiger partial charge in [0, 0.05) is 12.1 Å². The maximum absolute atomic E-state index is 14.3. The fraction of sp³-hybridized carbons (Fsp3) is 0.533. The van der Waals surface area contributed by atoms with Gasteiger partial charge in [0.1, 0.15) is 11.4 Å². The number of rotatable bonds is 4. The normalized spacial score (nSPS) is 21.9. The molecular formula is C30H38BFN4O6. The Kier molecular flexibility index (Phi) is 7.60. The fourth-order valence-corrected chi connectivity index (χ4v) is 5.48. The number of hydrogen-bond acceptors (Lipinski definition) is 7. The number of halogens is 1. The van der Waals surface area contributed by atoms with Crippen LogP contribution in [-0.2, 0) is 14.0 Å². The first-order chi connectivity index (χ1) is 19.6. The van der Waals surface area contributed by atoms with Gasteiger partial charge in [-0.05, 0) is 97.8 Å². The Balaban J connectivity index is 1.51. The number of hydrogen-bond donors (Lipinski definition) is 1. The van der Waals surface area contributed by atoms with Gasteiger partial charge in [0.15, 0.2) is 5.65 Å². The SMILES string of the molecule is CC(C)(C)OC(=O)N[C@H]1CC[C@@H](n2c(=O)c3cc(F)cnc3n(-c3cccc(B4OC(C)(C)C(C)(C)O4)c3)c2=O)CC1. The predicted molar refractivity (Wildman–Crippen MR) is 158 cm³/mol. The van der Waals surface area contributed by atoms with Gasteiger partial charge in [-0.3, -0.25) is 9.36 Å². The van der Waals surface area contributed by atoms with E-state index < -0.39 is 53.1 Å². The largest absolute Gasteiger partial charge is 0.494 e. The Labute approximate surface area is 244 Å². The Morgan fingerprint density at radius 1 is 1.07 bits per heavy atom. The molecule has 2 fully saturated rings. The van der Waals surface area contributed by atoms with Crippen molar-refractivity contribution in [2.45, 2.75) is 103 Å². The van der Waals surface area contributed by atoms with E-state index in [0.29, 0.717) is 36.8 Å². The van der Waals surface area contributed by atoms with Gasteiger partial charge in [0.25, 0.3) is 5.56 Å². The summed E-state index contributed by atoms with van der Waals surface area (Å²) >= 11 is 0. The highest BCUT2D eigenvalue weighted by Gasteiger charge is 2.51. The monoisotopic (exact) mass is 580 g/mol. The molecule has 1 N–H and O–H groups in total. The average molecular weight is 580 g/mol. The molecule has 1 saturated heterocycles. The number of aromatic nitrogens is 3. The summed E-state index contributed by atoms with van der Waals surface area (Å²) in [6.45, 7) is 13.2. The number of nitrogens with one attached hydrogen (secondary N) is 1. The molecule has 0 radical (unpaired) electrons. The number of pyridine rings is 1. The van der Waals surface area contributed by atoms with E-state index in [9.17, 15) is 18.8 Å². The summed E-state index contributed by atoms with van der Waals surface area (Å²) in [6, 6.07) is 7.66. The highest BCUT2D eigenvalue weighted by Crippen LogP contribution is 2.36. The molecule has 2 aliphatic rings. The van der Waals surface area contributed by atoms with Crippen LogP contribution in [0.15, 0.2) is 46.1 Å². The quantitative estimate of drug-likeness (QED) is 0.465. The molecule has 224 valence electrons. The van der Waals surface area contributed by atoms with Crippen LogP contribution >= 0.6 is 0 Å². The number of fused-ring (bicyclic) bond motifs is 1. The van der Waals surface area contributed by atoms with Crippen molar-refractivity contribution in [3.05, 3.63) is 63.2 Å². The van der Waals surface area contributed by atoms with E-state index in [-0.39, 0.29) is 17.1 Å². The third kappa shape index (κ3) is 5.74. The lowest BCUT2D eigenvalue weighted by Gasteiger charge is -2.32. The van der Waals surface area contributed by atoms with E-state index in [4.69, 9.17) is 14.0 Å². The maximum Gasteiger partial charge on any atom is 0.494 e. The molecule has 1 aliphatic heterocycles. The van der Waals surface area contributed by atoms with E-state index in [1.165, 1.54) is 9.13 Å². The number of carbonyl (C=O) groups excluding carboxylic acids is 1. The van der Waals surface area contributed by atoms with E-state index in [0.717, 1.165) is 12.3 Å². The van der Waals surface area contributed by atoms with Crippen LogP contribution in [0.3, 0.4) is 0 Å². The van der Waals surface area contributed by atoms with Crippen molar-refractivity contribution in [1.82, 2.24) is 19.4 Å². The van der Waals surface area contributed by atoms with Crippen LogP contribution in [0.2, 0.25) is 0 Å². The van der Waals surface area contributed by atoms with E-state index >= 15 is 0 Å². The van der Waals surface area contributed by atoms with Crippen molar-refractivity contribution < 1.29 is 23.2 Å². The molecule has 42 heavy (non-hydrogen) atoms. The van der Waals surface area contributed by atoms with Gasteiger partial charge in [0.2, 0.25) is 0 Å². The number of benzene rings is 1. The van der Waals surface area contributed by atoms with Crippen LogP contribution < -0.4 is 22.0 Å². The summed E-state index contributed by atoms with van der Waals surface area (Å²) in [6.07, 6.45) is 2.53. The minimum atomic E-state index is -0.674. The van der Waals surface area contributed by atoms with Crippen molar-refractivity contribution in [2.75, 3.05) is 0 Å². The second kappa shape index (κ2) is 10.6. The van der Waals surface area contributed by atoms with Gasteiger partial charge in [-0.1, -0.05) is 12.1 Å². The standard InChI is InChI=1S/C30H38BFN4O6/c1-28(2,3)40-26(38)34-20-11-13-21(14-12-20)36-25(37)23-16-19(32)17-33-24(23)35(27(36)39)22-10-8-9-18(15-22)31-41-29(4,5)30(6,7)42-31/h8-10,15-17,20-21H,11-14H2,1-7H3,(H,34,38)/t20-,21+. The van der Waals surface area contributed by atoms with Crippen LogP contribution in [0, 0.1) is 5.82 Å². The van der Waals surface area contributed by atoms with Crippen LogP contribution in [-0.4, -0.2) is 50.2 Å². The molecule has 1 saturated carbocycles. The van der Waals surface area contributed by atoms with E-state index in [1.807, 2.05) is 33.8 Å². The van der Waals surface area contributed by atoms with E-state index in [2.05, 4.69) is 10.3 Å². The molecule has 3 aromatic rings. The topological polar surface area (TPSA) is 114 Å². The Morgan fingerprint density at radius 2 is 1.71 bits per heavy atom. The summed E-state index contributed by atoms with van der Waals surface area (Å²) < 4.78 is 34.7. The van der Waals surface area contributed by atoms with Crippen LogP contribution in [0.4, 0.5) is 9.18 Å². The molecule has 1 amide bonds. The molecule has 3 heterocycles. The Hall–Kier alpha value is -3.51. The van der Waals surface area contributed by atoms with Crippen molar-refractivity contribution >= 4 is 29.7 Å². The molecule has 0 spiro atoms. The first kappa shape index (κ1) is 30.0. The average Bonchev–Trinajstić information content (AvgIpc) is 3.11. The molecule has 12 heteroatoms. The zero-order valence-corrected chi connectivity index (χ0v) is 25.2. The van der Waals surface area contributed by atoms with Gasteiger partial charge in [0.05, 0.1) is 28.5 Å². The van der Waals surface area contributed by atoms with Gasteiger partial charge in [-0.25, -0.2) is 23.5 Å². The lowest BCUT2D eigenvalue weighted by molar-refractivity contribution is 0.00578. The van der Waals surface area contributed by atoms with Gasteiger partial charge in [-0.15, -0.1) is 0 Å². The molecule has 0 bridgehead atoms. The smallest absolute Gasteiger partial charge is 0.444 e. The Morgan fingerprint density at radius 3 is 2.33 bits per heavy atom. The molecule has 1 aromatic carbocycles. The molecule has 0 atom stereocenters. The van der Waals surface area contributed by atoms with Crippen molar-refractivity contribution in [1.29, 1.82) is 0 Å².